The molecule has 1 saturated carbocycles. The Labute approximate surface area is 157 Å². The number of benzene rings is 1. The number of likely N-dealkylation sites (N-methyl/N-ethyl adjacent to an activating group) is 1. The Morgan fingerprint density at radius 2 is 2.04 bits per heavy atom. The number of halogens is 1. The predicted molar refractivity (Wildman–Crippen MR) is 102 cm³/mol. The lowest BCUT2D eigenvalue weighted by Gasteiger charge is -2.65. The van der Waals surface area contributed by atoms with Crippen molar-refractivity contribution in [3.63, 3.8) is 0 Å². The zero-order valence-electron chi connectivity index (χ0n) is 15.5. The van der Waals surface area contributed by atoms with Gasteiger partial charge in [0.2, 0.25) is 0 Å². The molecule has 25 heavy (non-hydrogen) atoms. The Balaban J connectivity index is 0.00000182. The van der Waals surface area contributed by atoms with Gasteiger partial charge in [-0.3, -0.25) is 9.69 Å². The number of ether oxygens (including phenoxy) is 1. The van der Waals surface area contributed by atoms with Crippen LogP contribution in [0.4, 0.5) is 0 Å². The first-order chi connectivity index (χ1) is 11.6. The molecule has 0 N–H and O–H groups in total. The van der Waals surface area contributed by atoms with Crippen LogP contribution < -0.4 is 0 Å². The summed E-state index contributed by atoms with van der Waals surface area (Å²) in [5.74, 6) is 1.13. The van der Waals surface area contributed by atoms with E-state index < -0.39 is 0 Å². The third-order valence-corrected chi connectivity index (χ3v) is 7.26. The molecular formula is C21H30ClNO2. The number of hydrogen-bond acceptors (Lipinski definition) is 3. The van der Waals surface area contributed by atoms with Gasteiger partial charge < -0.3 is 4.74 Å². The number of fused-ring (bicyclic) bond motifs is 2. The molecule has 5 rings (SSSR count). The van der Waals surface area contributed by atoms with Crippen molar-refractivity contribution < 1.29 is 9.53 Å². The van der Waals surface area contributed by atoms with Crippen molar-refractivity contribution in [2.24, 2.45) is 11.8 Å². The smallest absolute Gasteiger partial charge is 0.305 e. The molecule has 4 heteroatoms. The molecule has 3 fully saturated rings. The molecule has 138 valence electrons. The first kappa shape index (κ1) is 18.7. The van der Waals surface area contributed by atoms with Crippen LogP contribution in [0.5, 0.6) is 0 Å². The highest BCUT2D eigenvalue weighted by Crippen LogP contribution is 2.59. The predicted octanol–water partition coefficient (Wildman–Crippen LogP) is 3.97. The minimum atomic E-state index is -0.0603. The van der Waals surface area contributed by atoms with Crippen molar-refractivity contribution in [3.05, 3.63) is 35.4 Å². The number of carbonyl (C=O) groups is 1. The van der Waals surface area contributed by atoms with Crippen LogP contribution in [0.25, 0.3) is 0 Å². The van der Waals surface area contributed by atoms with Crippen LogP contribution in [-0.4, -0.2) is 36.6 Å². The Hall–Kier alpha value is -1.06. The van der Waals surface area contributed by atoms with E-state index in [1.807, 2.05) is 6.92 Å². The first-order valence-electron chi connectivity index (χ1n) is 9.56. The lowest BCUT2D eigenvalue weighted by Crippen LogP contribution is -2.68. The summed E-state index contributed by atoms with van der Waals surface area (Å²) in [6.07, 6.45) is 5.30. The van der Waals surface area contributed by atoms with Gasteiger partial charge in [0.1, 0.15) is 0 Å². The van der Waals surface area contributed by atoms with Crippen molar-refractivity contribution in [3.8, 4) is 0 Å². The first-order valence-corrected chi connectivity index (χ1v) is 9.56. The van der Waals surface area contributed by atoms with Gasteiger partial charge in [-0.1, -0.05) is 38.1 Å². The summed E-state index contributed by atoms with van der Waals surface area (Å²) in [5, 5.41) is 0. The second-order valence-corrected chi connectivity index (χ2v) is 8.01. The molecule has 1 aromatic carbocycles. The maximum Gasteiger partial charge on any atom is 0.305 e. The van der Waals surface area contributed by atoms with Gasteiger partial charge in [0.15, 0.2) is 0 Å². The summed E-state index contributed by atoms with van der Waals surface area (Å²) in [5.41, 5.74) is 3.50. The fraction of sp³-hybridized carbons (Fsp3) is 0.667. The van der Waals surface area contributed by atoms with Gasteiger partial charge in [0, 0.05) is 29.8 Å². The molecule has 2 aliphatic carbocycles. The zero-order chi connectivity index (χ0) is 16.9. The molecule has 4 bridgehead atoms. The van der Waals surface area contributed by atoms with Crippen LogP contribution in [0.1, 0.15) is 50.7 Å². The summed E-state index contributed by atoms with van der Waals surface area (Å²) in [6.45, 7) is 4.84. The Morgan fingerprint density at radius 3 is 2.76 bits per heavy atom. The standard InChI is InChI=1S/C21H29NO2.ClH/c1-4-20(23)24-13-15-10-17-18-11-14-8-6-7-9-16(14)21(17,5-2)12-19(15)22(18)3;/h6-9,15,17-19H,4-5,10-13H2,1-3H3;1H/t15?,17?,18?,19?,21-;/m1./s1. The van der Waals surface area contributed by atoms with Gasteiger partial charge in [-0.2, -0.15) is 0 Å². The van der Waals surface area contributed by atoms with E-state index in [1.54, 1.807) is 11.1 Å². The molecule has 0 radical (unpaired) electrons. The number of piperidine rings is 2. The van der Waals surface area contributed by atoms with Crippen LogP contribution >= 0.6 is 12.4 Å². The number of hydrogen-bond donors (Lipinski definition) is 0. The van der Waals surface area contributed by atoms with Gasteiger partial charge in [-0.05, 0) is 49.8 Å². The highest BCUT2D eigenvalue weighted by molar-refractivity contribution is 5.85. The van der Waals surface area contributed by atoms with Crippen molar-refractivity contribution in [2.45, 2.75) is 63.5 Å². The Bertz CT molecular complexity index is 649. The van der Waals surface area contributed by atoms with E-state index >= 15 is 0 Å². The summed E-state index contributed by atoms with van der Waals surface area (Å²) >= 11 is 0. The van der Waals surface area contributed by atoms with Crippen molar-refractivity contribution >= 4 is 18.4 Å². The maximum atomic E-state index is 11.6. The molecule has 1 aromatic rings. The summed E-state index contributed by atoms with van der Waals surface area (Å²) in [6, 6.07) is 10.3. The van der Waals surface area contributed by atoms with E-state index in [0.29, 0.717) is 42.4 Å². The van der Waals surface area contributed by atoms with Crippen molar-refractivity contribution in [2.75, 3.05) is 13.7 Å². The average molecular weight is 364 g/mol. The molecule has 3 nitrogen and oxygen atoms in total. The van der Waals surface area contributed by atoms with Crippen LogP contribution in [0.3, 0.4) is 0 Å². The third kappa shape index (κ3) is 2.71. The fourth-order valence-corrected chi connectivity index (χ4v) is 6.02. The second kappa shape index (κ2) is 6.92. The van der Waals surface area contributed by atoms with E-state index in [1.165, 1.54) is 25.7 Å². The molecular weight excluding hydrogens is 334 g/mol. The molecule has 0 amide bonds. The Morgan fingerprint density at radius 1 is 1.28 bits per heavy atom. The van der Waals surface area contributed by atoms with Crippen LogP contribution in [0.15, 0.2) is 24.3 Å². The van der Waals surface area contributed by atoms with E-state index in [-0.39, 0.29) is 18.4 Å². The summed E-state index contributed by atoms with van der Waals surface area (Å²) in [4.78, 5) is 14.2. The molecule has 2 saturated heterocycles. The molecule has 0 spiro atoms. The second-order valence-electron chi connectivity index (χ2n) is 8.01. The summed E-state index contributed by atoms with van der Waals surface area (Å²) < 4.78 is 5.52. The highest BCUT2D eigenvalue weighted by atomic mass is 35.5. The van der Waals surface area contributed by atoms with Crippen LogP contribution in [0, 0.1) is 11.8 Å². The van der Waals surface area contributed by atoms with E-state index in [9.17, 15) is 4.79 Å². The topological polar surface area (TPSA) is 29.5 Å². The van der Waals surface area contributed by atoms with Crippen LogP contribution in [0.2, 0.25) is 0 Å². The molecule has 2 aliphatic heterocycles. The third-order valence-electron chi connectivity index (χ3n) is 7.26. The van der Waals surface area contributed by atoms with E-state index in [4.69, 9.17) is 4.74 Å². The van der Waals surface area contributed by atoms with Crippen LogP contribution in [-0.2, 0) is 21.4 Å². The Kier molecular flexibility index (Phi) is 5.18. The van der Waals surface area contributed by atoms with Gasteiger partial charge in [0.05, 0.1) is 6.61 Å². The van der Waals surface area contributed by atoms with E-state index in [2.05, 4.69) is 43.1 Å². The minimum absolute atomic E-state index is 0. The number of carbonyl (C=O) groups excluding carboxylic acids is 1. The number of nitrogens with zero attached hydrogens (tertiary/aromatic N) is 1. The minimum Gasteiger partial charge on any atom is -0.465 e. The number of esters is 1. The van der Waals surface area contributed by atoms with Gasteiger partial charge in [-0.15, -0.1) is 12.4 Å². The molecule has 4 aliphatic rings. The lowest BCUT2D eigenvalue weighted by atomic mass is 9.48. The quantitative estimate of drug-likeness (QED) is 0.758. The fourth-order valence-electron chi connectivity index (χ4n) is 6.02. The normalized spacial score (nSPS) is 35.6. The zero-order valence-corrected chi connectivity index (χ0v) is 16.3. The van der Waals surface area contributed by atoms with E-state index in [0.717, 1.165) is 0 Å². The highest BCUT2D eigenvalue weighted by Gasteiger charge is 2.59. The average Bonchev–Trinajstić information content (AvgIpc) is 2.62. The van der Waals surface area contributed by atoms with Gasteiger partial charge in [0.25, 0.3) is 0 Å². The molecule has 5 atom stereocenters. The summed E-state index contributed by atoms with van der Waals surface area (Å²) in [7, 11) is 2.30. The van der Waals surface area contributed by atoms with Crippen molar-refractivity contribution in [1.29, 1.82) is 0 Å². The monoisotopic (exact) mass is 363 g/mol. The largest absolute Gasteiger partial charge is 0.465 e. The van der Waals surface area contributed by atoms with Gasteiger partial charge >= 0.3 is 5.97 Å². The molecule has 0 aromatic heterocycles. The maximum absolute atomic E-state index is 11.6. The number of rotatable bonds is 4. The SMILES string of the molecule is CCC(=O)OCC1CC2C3Cc4ccccc4[C@@]2(CC)CC1N3C.Cl. The molecule has 2 heterocycles. The molecule has 4 unspecified atom stereocenters. The van der Waals surface area contributed by atoms with Gasteiger partial charge in [-0.25, -0.2) is 0 Å². The lowest BCUT2D eigenvalue weighted by molar-refractivity contribution is -0.152. The van der Waals surface area contributed by atoms with Crippen molar-refractivity contribution in [1.82, 2.24) is 4.90 Å².